The number of rotatable bonds is 3. The highest BCUT2D eigenvalue weighted by Gasteiger charge is 2.25. The first-order chi connectivity index (χ1) is 13.4. The van der Waals surface area contributed by atoms with Gasteiger partial charge in [0.1, 0.15) is 0 Å². The normalized spacial score (nSPS) is 20.0. The molecule has 1 aliphatic rings. The summed E-state index contributed by atoms with van der Waals surface area (Å²) in [5.41, 5.74) is 0.600. The molecule has 2 atom stereocenters. The number of amides is 1. The highest BCUT2D eigenvalue weighted by Crippen LogP contribution is 2.24. The number of hydrogen-bond donors (Lipinski definition) is 0. The topological polar surface area (TPSA) is 55.2 Å². The lowest BCUT2D eigenvalue weighted by molar-refractivity contribution is -0.130. The zero-order valence-corrected chi connectivity index (χ0v) is 17.3. The third-order valence-electron chi connectivity index (χ3n) is 5.45. The monoisotopic (exact) mass is 395 g/mol. The first-order valence-electron chi connectivity index (χ1n) is 9.72. The fraction of sp³-hybridized carbons (Fsp3) is 0.409. The second kappa shape index (κ2) is 7.59. The fourth-order valence-corrected chi connectivity index (χ4v) is 5.03. The van der Waals surface area contributed by atoms with Crippen molar-refractivity contribution in [3.8, 4) is 0 Å². The predicted molar refractivity (Wildman–Crippen MR) is 115 cm³/mol. The number of hydrogen-bond acceptors (Lipinski definition) is 4. The molecule has 0 spiro atoms. The largest absolute Gasteiger partial charge is 0.341 e. The van der Waals surface area contributed by atoms with E-state index in [0.717, 1.165) is 23.9 Å². The molecule has 4 rings (SSSR count). The van der Waals surface area contributed by atoms with Gasteiger partial charge in [-0.1, -0.05) is 49.9 Å². The van der Waals surface area contributed by atoms with Crippen LogP contribution in [0, 0.1) is 11.8 Å². The maximum atomic E-state index is 12.8. The Bertz CT molecular complexity index is 1100. The van der Waals surface area contributed by atoms with Crippen molar-refractivity contribution in [2.45, 2.75) is 25.4 Å². The second-order valence-corrected chi connectivity index (χ2v) is 8.95. The summed E-state index contributed by atoms with van der Waals surface area (Å²) in [7, 11) is 1.72. The van der Waals surface area contributed by atoms with Gasteiger partial charge in [0.05, 0.1) is 16.7 Å². The van der Waals surface area contributed by atoms with E-state index in [-0.39, 0.29) is 11.5 Å². The molecule has 0 unspecified atom stereocenters. The molecule has 146 valence electrons. The van der Waals surface area contributed by atoms with Crippen molar-refractivity contribution in [2.24, 2.45) is 18.9 Å². The number of aromatic nitrogens is 2. The van der Waals surface area contributed by atoms with Gasteiger partial charge in [0, 0.05) is 20.1 Å². The molecule has 6 heteroatoms. The Morgan fingerprint density at radius 1 is 1.14 bits per heavy atom. The summed E-state index contributed by atoms with van der Waals surface area (Å²) in [4.78, 5) is 32.2. The molecule has 0 radical (unpaired) electrons. The smallest absolute Gasteiger partial charge is 0.261 e. The van der Waals surface area contributed by atoms with Crippen molar-refractivity contribution in [2.75, 3.05) is 18.8 Å². The molecule has 1 aromatic heterocycles. The van der Waals surface area contributed by atoms with Crippen LogP contribution in [0.4, 0.5) is 0 Å². The first kappa shape index (κ1) is 19.0. The van der Waals surface area contributed by atoms with Crippen LogP contribution in [0.1, 0.15) is 20.3 Å². The van der Waals surface area contributed by atoms with Gasteiger partial charge in [-0.15, -0.1) is 0 Å². The molecule has 2 aromatic carbocycles. The van der Waals surface area contributed by atoms with Gasteiger partial charge in [0.2, 0.25) is 5.91 Å². The highest BCUT2D eigenvalue weighted by molar-refractivity contribution is 7.99. The van der Waals surface area contributed by atoms with Crippen LogP contribution in [0.25, 0.3) is 21.7 Å². The number of benzene rings is 2. The van der Waals surface area contributed by atoms with E-state index in [1.807, 2.05) is 41.3 Å². The minimum Gasteiger partial charge on any atom is -0.341 e. The summed E-state index contributed by atoms with van der Waals surface area (Å²) < 4.78 is 1.55. The molecule has 0 aliphatic carbocycles. The van der Waals surface area contributed by atoms with Gasteiger partial charge < -0.3 is 4.90 Å². The zero-order valence-electron chi connectivity index (χ0n) is 16.5. The second-order valence-electron chi connectivity index (χ2n) is 8.01. The van der Waals surface area contributed by atoms with Gasteiger partial charge in [0.25, 0.3) is 5.56 Å². The standard InChI is InChI=1S/C22H25N3O2S/c1-14-8-15(2)12-25(11-14)20(26)13-28-22-23-19-10-17-7-5-4-6-16(17)9-18(19)21(27)24(22)3/h4-7,9-10,14-15H,8,11-13H2,1-3H3/t14-,15+. The van der Waals surface area contributed by atoms with E-state index in [1.54, 1.807) is 11.6 Å². The molecule has 1 amide bonds. The van der Waals surface area contributed by atoms with E-state index in [4.69, 9.17) is 0 Å². The quantitative estimate of drug-likeness (QED) is 0.386. The van der Waals surface area contributed by atoms with E-state index in [2.05, 4.69) is 18.8 Å². The number of fused-ring (bicyclic) bond motifs is 2. The van der Waals surface area contributed by atoms with Gasteiger partial charge in [-0.25, -0.2) is 4.98 Å². The van der Waals surface area contributed by atoms with Crippen LogP contribution in [0.15, 0.2) is 46.3 Å². The van der Waals surface area contributed by atoms with Crippen molar-refractivity contribution in [3.63, 3.8) is 0 Å². The minimum atomic E-state index is -0.0779. The summed E-state index contributed by atoms with van der Waals surface area (Å²) in [5.74, 6) is 1.50. The maximum absolute atomic E-state index is 12.8. The molecular weight excluding hydrogens is 370 g/mol. The number of piperidine rings is 1. The summed E-state index contributed by atoms with van der Waals surface area (Å²) in [6.45, 7) is 6.03. The Morgan fingerprint density at radius 3 is 2.46 bits per heavy atom. The van der Waals surface area contributed by atoms with Gasteiger partial charge >= 0.3 is 0 Å². The minimum absolute atomic E-state index is 0.0779. The van der Waals surface area contributed by atoms with Crippen molar-refractivity contribution < 1.29 is 4.79 Å². The van der Waals surface area contributed by atoms with E-state index in [1.165, 1.54) is 18.2 Å². The lowest BCUT2D eigenvalue weighted by atomic mass is 9.92. The average molecular weight is 396 g/mol. The summed E-state index contributed by atoms with van der Waals surface area (Å²) >= 11 is 1.35. The Balaban J connectivity index is 1.60. The van der Waals surface area contributed by atoms with Crippen molar-refractivity contribution in [3.05, 3.63) is 46.8 Å². The summed E-state index contributed by atoms with van der Waals surface area (Å²) in [6.07, 6.45) is 1.17. The third-order valence-corrected chi connectivity index (χ3v) is 6.46. The number of nitrogens with zero attached hydrogens (tertiary/aromatic N) is 3. The Hall–Kier alpha value is -2.34. The van der Waals surface area contributed by atoms with Crippen molar-refractivity contribution >= 4 is 39.3 Å². The van der Waals surface area contributed by atoms with E-state index >= 15 is 0 Å². The van der Waals surface area contributed by atoms with Crippen LogP contribution in [0.2, 0.25) is 0 Å². The Labute approximate surface area is 168 Å². The first-order valence-corrected chi connectivity index (χ1v) is 10.7. The van der Waals surface area contributed by atoms with Crippen LogP contribution >= 0.6 is 11.8 Å². The molecule has 1 saturated heterocycles. The zero-order chi connectivity index (χ0) is 19.8. The van der Waals surface area contributed by atoms with Crippen LogP contribution in [0.3, 0.4) is 0 Å². The molecule has 3 aromatic rings. The Kier molecular flexibility index (Phi) is 5.15. The van der Waals surface area contributed by atoms with Crippen LogP contribution < -0.4 is 5.56 Å². The van der Waals surface area contributed by atoms with Crippen LogP contribution in [-0.4, -0.2) is 39.2 Å². The number of carbonyl (C=O) groups is 1. The molecule has 2 heterocycles. The highest BCUT2D eigenvalue weighted by atomic mass is 32.2. The number of thioether (sulfide) groups is 1. The van der Waals surface area contributed by atoms with E-state index < -0.39 is 0 Å². The van der Waals surface area contributed by atoms with Gasteiger partial charge in [-0.3, -0.25) is 14.2 Å². The summed E-state index contributed by atoms with van der Waals surface area (Å²) in [5, 5.41) is 3.27. The van der Waals surface area contributed by atoms with E-state index in [0.29, 0.717) is 33.6 Å². The lowest BCUT2D eigenvalue weighted by Gasteiger charge is -2.35. The van der Waals surface area contributed by atoms with Gasteiger partial charge in [-0.2, -0.15) is 0 Å². The maximum Gasteiger partial charge on any atom is 0.261 e. The molecular formula is C22H25N3O2S. The molecule has 5 nitrogen and oxygen atoms in total. The lowest BCUT2D eigenvalue weighted by Crippen LogP contribution is -2.43. The van der Waals surface area contributed by atoms with Crippen molar-refractivity contribution in [1.82, 2.24) is 14.5 Å². The fourth-order valence-electron chi connectivity index (χ4n) is 4.15. The van der Waals surface area contributed by atoms with Crippen LogP contribution in [0.5, 0.6) is 0 Å². The molecule has 1 aliphatic heterocycles. The number of carbonyl (C=O) groups excluding carboxylic acids is 1. The number of likely N-dealkylation sites (tertiary alicyclic amines) is 1. The van der Waals surface area contributed by atoms with Crippen LogP contribution in [-0.2, 0) is 11.8 Å². The van der Waals surface area contributed by atoms with E-state index in [9.17, 15) is 9.59 Å². The molecule has 0 N–H and O–H groups in total. The molecule has 1 fully saturated rings. The average Bonchev–Trinajstić information content (AvgIpc) is 2.67. The third kappa shape index (κ3) is 3.65. The Morgan fingerprint density at radius 2 is 1.79 bits per heavy atom. The summed E-state index contributed by atoms with van der Waals surface area (Å²) in [6, 6.07) is 11.8. The van der Waals surface area contributed by atoms with Crippen molar-refractivity contribution in [1.29, 1.82) is 0 Å². The predicted octanol–water partition coefficient (Wildman–Crippen LogP) is 3.68. The SMILES string of the molecule is C[C@@H]1C[C@H](C)CN(C(=O)CSc2nc3cc4ccccc4cc3c(=O)n2C)C1. The molecule has 28 heavy (non-hydrogen) atoms. The molecule has 0 saturated carbocycles. The molecule has 0 bridgehead atoms. The van der Waals surface area contributed by atoms with Gasteiger partial charge in [-0.05, 0) is 41.2 Å². The van der Waals surface area contributed by atoms with Gasteiger partial charge in [0.15, 0.2) is 5.16 Å².